The quantitative estimate of drug-likeness (QED) is 0.00747. The van der Waals surface area contributed by atoms with Crippen molar-refractivity contribution in [2.45, 2.75) is 171 Å². The van der Waals surface area contributed by atoms with Crippen LogP contribution in [0.1, 0.15) is 140 Å². The molecular weight excluding hydrogens is 1420 g/mol. The fourth-order valence-corrected chi connectivity index (χ4v) is 18.1. The summed E-state index contributed by atoms with van der Waals surface area (Å²) >= 11 is 0. The fraction of sp³-hybridized carbons (Fsp3) is 0.425. The molecule has 25 nitrogen and oxygen atoms in total. The lowest BCUT2D eigenvalue weighted by molar-refractivity contribution is -0.346. The zero-order chi connectivity index (χ0) is 77.3. The van der Waals surface area contributed by atoms with Gasteiger partial charge in [0.15, 0.2) is 23.6 Å². The van der Waals surface area contributed by atoms with Crippen LogP contribution in [0.4, 0.5) is 5.69 Å². The van der Waals surface area contributed by atoms with E-state index in [2.05, 4.69) is 19.5 Å². The smallest absolute Gasteiger partial charge is 0.338 e. The number of carbonyl (C=O) groups excluding carboxylic acids is 7. The Morgan fingerprint density at radius 3 is 2.00 bits per heavy atom. The first kappa shape index (κ1) is 78.6. The van der Waals surface area contributed by atoms with Gasteiger partial charge >= 0.3 is 29.8 Å². The van der Waals surface area contributed by atoms with Crippen molar-refractivity contribution in [1.82, 2.24) is 14.6 Å². The average molecular weight is 1510 g/mol. The maximum atomic E-state index is 16.6. The van der Waals surface area contributed by atoms with Gasteiger partial charge in [-0.1, -0.05) is 93.1 Å². The molecule has 11 rings (SSSR count). The largest absolute Gasteiger partial charge is 0.744 e. The molecule has 1 saturated heterocycles. The van der Waals surface area contributed by atoms with Gasteiger partial charge in [-0.3, -0.25) is 24.0 Å². The molecule has 2 saturated carbocycles. The van der Waals surface area contributed by atoms with Gasteiger partial charge in [0.25, 0.3) is 5.91 Å². The van der Waals surface area contributed by atoms with Gasteiger partial charge in [-0.2, -0.15) is 0 Å². The van der Waals surface area contributed by atoms with Crippen LogP contribution in [0.2, 0.25) is 0 Å². The summed E-state index contributed by atoms with van der Waals surface area (Å²) in [6.45, 7) is 18.2. The van der Waals surface area contributed by atoms with Crippen LogP contribution >= 0.6 is 0 Å². The third kappa shape index (κ3) is 15.2. The molecule has 107 heavy (non-hydrogen) atoms. The number of benzene rings is 6. The second-order valence-corrected chi connectivity index (χ2v) is 31.4. The summed E-state index contributed by atoms with van der Waals surface area (Å²) in [7, 11) is -9.88. The highest BCUT2D eigenvalue weighted by atomic mass is 32.2. The molecule has 1 unspecified atom stereocenters. The number of Topliss-reactive ketones (excluding diaryl/α,β-unsaturated/α-hetero) is 1. The van der Waals surface area contributed by atoms with E-state index in [1.54, 1.807) is 78.9 Å². The van der Waals surface area contributed by atoms with Gasteiger partial charge in [-0.15, -0.1) is 0 Å². The number of hydrogen-bond donors (Lipinski definition) is 4. The molecule has 5 aromatic carbocycles. The van der Waals surface area contributed by atoms with Crippen LogP contribution in [0.15, 0.2) is 171 Å². The van der Waals surface area contributed by atoms with Gasteiger partial charge in [0.05, 0.1) is 45.4 Å². The standard InChI is InChI=1S/C80H90N4O21S2/c1-11-83(12-2)53-34-37-56-59(41-53)101-60-42-54(84(13-3)14-4)35-38-57(60)66(56)58-39-36-55(43-62(58)107(96,97)98)106(94,95)81-40-26-18-25-33-65(87)103-63-44-64-79(46-99-64,105-49(7)86)71-73(104-75(91)52-31-23-17-24-32-52)80(93)45-61(47(5)67(77(80,8)9)70(100-48(6)85)72(89)78(63,71)10)102-76(92)69(88)68(50-27-19-15-20-28-50)82-74(90)51-29-21-16-22-30-51/h15-17,19-24,27-32,34-39,41-43,61,63-64,68-71,73,81,88,93H,11-14,18,25-26,33,40,44-46H2,1-10H3,(H-,82,90,96,97,98)/t61-,63-,64+,68-,69+,70+,71?,73-,78+,79-,80+/m0/s1. The summed E-state index contributed by atoms with van der Waals surface area (Å²) < 4.78 is 117. The number of unbranched alkanes of at least 4 members (excludes halogenated alkanes) is 2. The van der Waals surface area contributed by atoms with E-state index in [-0.39, 0.29) is 66.5 Å². The number of sulfonamides is 1. The lowest BCUT2D eigenvalue weighted by atomic mass is 9.44. The summed E-state index contributed by atoms with van der Waals surface area (Å²) in [4.78, 5) is 103. The lowest BCUT2D eigenvalue weighted by Crippen LogP contribution is -2.82. The summed E-state index contributed by atoms with van der Waals surface area (Å²) in [6.07, 6.45) is -11.6. The molecule has 0 radical (unpaired) electrons. The number of ether oxygens (including phenoxy) is 6. The molecule has 2 aliphatic heterocycles. The van der Waals surface area contributed by atoms with Gasteiger partial charge in [0.2, 0.25) is 15.4 Å². The molecule has 4 N–H and O–H groups in total. The Balaban J connectivity index is 0.878. The number of ketones is 1. The van der Waals surface area contributed by atoms with Crippen molar-refractivity contribution >= 4 is 78.3 Å². The number of anilines is 1. The molecule has 1 amide bonds. The van der Waals surface area contributed by atoms with Crippen molar-refractivity contribution in [2.24, 2.45) is 16.7 Å². The van der Waals surface area contributed by atoms with E-state index < -0.39 is 155 Å². The SMILES string of the molecule is CCN(CC)c1ccc2c(-c3ccc(S(=O)(=O)NCCCCCC(=O)O[C@H]4C[C@H]5OC[C@@]5(OC(C)=O)C5[C@H](OC(=O)c6ccccc6)[C@]6(O)C[C@H](OC(=O)[C@H](O)[C@@H](NC(=O)c7ccccc7)c7ccccc7)C(C)=C([C@@H](OC(C)=O)C(=O)[C@@]54C)C6(C)C)cc3S(=O)(=O)[O-])c3ccc(=[N+](CC)CC)cc-3oc2c1. The number of nitrogens with one attached hydrogen (secondary N) is 2. The number of fused-ring (bicyclic) bond motifs is 7. The Hall–Kier alpha value is -9.48. The molecule has 6 aliphatic rings. The number of aliphatic hydroxyl groups excluding tert-OH is 1. The first-order chi connectivity index (χ1) is 50.8. The summed E-state index contributed by atoms with van der Waals surface area (Å²) in [5.41, 5.74) is -6.18. The normalized spacial score (nSPS) is 23.7. The highest BCUT2D eigenvalue weighted by molar-refractivity contribution is 7.89. The zero-order valence-electron chi connectivity index (χ0n) is 61.3. The number of esters is 5. The van der Waals surface area contributed by atoms with Crippen molar-refractivity contribution in [3.63, 3.8) is 0 Å². The van der Waals surface area contributed by atoms with Gasteiger partial charge < -0.3 is 57.8 Å². The Morgan fingerprint density at radius 2 is 1.39 bits per heavy atom. The zero-order valence-corrected chi connectivity index (χ0v) is 63.0. The van der Waals surface area contributed by atoms with E-state index >= 15 is 4.79 Å². The number of amides is 1. The number of aliphatic hydroxyl groups is 2. The molecule has 2 bridgehead atoms. The molecule has 0 aromatic heterocycles. The van der Waals surface area contributed by atoms with E-state index in [1.807, 2.05) is 52.0 Å². The number of carbonyl (C=O) groups is 7. The number of hydrogen-bond acceptors (Lipinski definition) is 22. The van der Waals surface area contributed by atoms with Crippen LogP contribution in [0.3, 0.4) is 0 Å². The molecule has 2 heterocycles. The molecule has 0 spiro atoms. The van der Waals surface area contributed by atoms with E-state index in [0.717, 1.165) is 31.0 Å². The monoisotopic (exact) mass is 1510 g/mol. The predicted molar refractivity (Wildman–Crippen MR) is 391 cm³/mol. The topological polar surface area (TPSA) is 350 Å². The summed E-state index contributed by atoms with van der Waals surface area (Å²) in [5.74, 6) is -8.07. The van der Waals surface area contributed by atoms with Crippen molar-refractivity contribution in [2.75, 3.05) is 44.2 Å². The Kier molecular flexibility index (Phi) is 23.0. The molecule has 568 valence electrons. The highest BCUT2D eigenvalue weighted by Crippen LogP contribution is 2.65. The molecule has 3 fully saturated rings. The third-order valence-corrected chi connectivity index (χ3v) is 24.2. The third-order valence-electron chi connectivity index (χ3n) is 21.8. The molecule has 4 aliphatic carbocycles. The van der Waals surface area contributed by atoms with Gasteiger partial charge in [0.1, 0.15) is 64.6 Å². The van der Waals surface area contributed by atoms with E-state index in [9.17, 15) is 60.4 Å². The van der Waals surface area contributed by atoms with Gasteiger partial charge in [-0.05, 0) is 126 Å². The first-order valence-corrected chi connectivity index (χ1v) is 38.8. The van der Waals surface area contributed by atoms with Gasteiger partial charge in [0, 0.05) is 104 Å². The highest BCUT2D eigenvalue weighted by Gasteiger charge is 2.79. The maximum absolute atomic E-state index is 16.6. The summed E-state index contributed by atoms with van der Waals surface area (Å²) in [5, 5.41) is 30.4. The maximum Gasteiger partial charge on any atom is 0.338 e. The van der Waals surface area contributed by atoms with Crippen molar-refractivity contribution in [1.29, 1.82) is 0 Å². The van der Waals surface area contributed by atoms with E-state index in [4.69, 9.17) is 32.8 Å². The second kappa shape index (κ2) is 31.4. The Bertz CT molecular complexity index is 4880. The molecule has 11 atom stereocenters. The minimum Gasteiger partial charge on any atom is -0.744 e. The van der Waals surface area contributed by atoms with Crippen molar-refractivity contribution in [3.8, 4) is 22.5 Å². The summed E-state index contributed by atoms with van der Waals surface area (Å²) in [6, 6.07) is 36.7. The predicted octanol–water partition coefficient (Wildman–Crippen LogP) is 8.91. The van der Waals surface area contributed by atoms with Crippen LogP contribution in [0.5, 0.6) is 0 Å². The first-order valence-electron chi connectivity index (χ1n) is 35.9. The molecule has 5 aromatic rings. The molecular formula is C80H90N4O21S2. The van der Waals surface area contributed by atoms with E-state index in [0.29, 0.717) is 59.6 Å². The Labute approximate surface area is 621 Å². The fourth-order valence-electron chi connectivity index (χ4n) is 16.2. The van der Waals surface area contributed by atoms with Crippen molar-refractivity contribution < 1.29 is 98.0 Å². The van der Waals surface area contributed by atoms with Crippen LogP contribution in [-0.2, 0) is 72.5 Å². The second-order valence-electron chi connectivity index (χ2n) is 28.3. The van der Waals surface area contributed by atoms with Crippen LogP contribution in [-0.4, -0.2) is 160 Å². The molecule has 27 heteroatoms. The minimum atomic E-state index is -5.37. The van der Waals surface area contributed by atoms with E-state index in [1.165, 1.54) is 64.1 Å². The van der Waals surface area contributed by atoms with Crippen LogP contribution in [0, 0.1) is 16.7 Å². The average Bonchev–Trinajstić information content (AvgIpc) is 0.667. The van der Waals surface area contributed by atoms with Gasteiger partial charge in [-0.25, -0.2) is 35.7 Å². The lowest BCUT2D eigenvalue weighted by Gasteiger charge is -2.67. The minimum absolute atomic E-state index is 0.0229. The number of rotatable bonds is 26. The van der Waals surface area contributed by atoms with Crippen molar-refractivity contribution in [3.05, 3.63) is 179 Å². The number of nitrogens with zero attached hydrogens (tertiary/aromatic N) is 2. The Morgan fingerprint density at radius 1 is 0.748 bits per heavy atom. The van der Waals surface area contributed by atoms with Crippen LogP contribution < -0.4 is 24.9 Å². The van der Waals surface area contributed by atoms with Crippen LogP contribution in [0.25, 0.3) is 33.4 Å².